The second-order valence-electron chi connectivity index (χ2n) is 7.82. The summed E-state index contributed by atoms with van der Waals surface area (Å²) in [6, 6.07) is 20.6. The molecule has 5 nitrogen and oxygen atoms in total. The van der Waals surface area contributed by atoms with Gasteiger partial charge in [0.2, 0.25) is 0 Å². The molecule has 3 rings (SSSR count). The number of carbonyl (C=O) groups excluding carboxylic acids is 1. The number of rotatable bonds is 7. The number of hydrogen-bond acceptors (Lipinski definition) is 4. The predicted molar refractivity (Wildman–Crippen MR) is 123 cm³/mol. The molecule has 31 heavy (non-hydrogen) atoms. The number of carbonyl (C=O) groups is 1. The monoisotopic (exact) mass is 437 g/mol. The van der Waals surface area contributed by atoms with E-state index in [1.165, 1.54) is 12.1 Å². The van der Waals surface area contributed by atoms with Gasteiger partial charge in [0.1, 0.15) is 5.75 Å². The zero-order valence-electron chi connectivity index (χ0n) is 18.2. The maximum Gasteiger partial charge on any atom is 0.278 e. The largest absolute Gasteiger partial charge is 0.484 e. The minimum absolute atomic E-state index is 0.0494. The van der Waals surface area contributed by atoms with Crippen LogP contribution in [0.15, 0.2) is 77.7 Å². The van der Waals surface area contributed by atoms with Gasteiger partial charge in [-0.2, -0.15) is 4.31 Å². The lowest BCUT2D eigenvalue weighted by atomic mass is 10.0. The van der Waals surface area contributed by atoms with Gasteiger partial charge in [-0.3, -0.25) is 4.79 Å². The van der Waals surface area contributed by atoms with Gasteiger partial charge in [-0.1, -0.05) is 61.4 Å². The van der Waals surface area contributed by atoms with Gasteiger partial charge in [0.15, 0.2) is 6.61 Å². The molecular weight excluding hydrogens is 410 g/mol. The van der Waals surface area contributed by atoms with Crippen LogP contribution in [0, 0.1) is 13.8 Å². The summed E-state index contributed by atoms with van der Waals surface area (Å²) in [4.78, 5) is 13.1. The van der Waals surface area contributed by atoms with Crippen LogP contribution in [0.25, 0.3) is 0 Å². The lowest BCUT2D eigenvalue weighted by Crippen LogP contribution is -2.40. The minimum atomic E-state index is -4.10. The van der Waals surface area contributed by atoms with Crippen molar-refractivity contribution in [2.45, 2.75) is 38.5 Å². The Bertz CT molecular complexity index is 1130. The van der Waals surface area contributed by atoms with E-state index in [2.05, 4.69) is 13.8 Å². The number of hydrogen-bond donors (Lipinski definition) is 0. The van der Waals surface area contributed by atoms with Gasteiger partial charge >= 0.3 is 0 Å². The van der Waals surface area contributed by atoms with Crippen molar-refractivity contribution >= 4 is 21.6 Å². The summed E-state index contributed by atoms with van der Waals surface area (Å²) in [6.45, 7) is 7.55. The Balaban J connectivity index is 1.89. The standard InChI is InChI=1S/C25H27NO4S/c1-18(2)21-9-13-23(14-10-21)30-17-25(27)26(22-11-5-19(3)6-12-22)31(28,29)24-15-7-20(4)8-16-24/h5-16,18H,17H2,1-4H3. The maximum atomic E-state index is 13.4. The quantitative estimate of drug-likeness (QED) is 0.508. The van der Waals surface area contributed by atoms with Gasteiger partial charge in [-0.15, -0.1) is 0 Å². The predicted octanol–water partition coefficient (Wildman–Crippen LogP) is 5.23. The van der Waals surface area contributed by atoms with Crippen molar-refractivity contribution in [2.75, 3.05) is 10.9 Å². The fourth-order valence-electron chi connectivity index (χ4n) is 3.07. The van der Waals surface area contributed by atoms with Crippen LogP contribution in [0.5, 0.6) is 5.75 Å². The average Bonchev–Trinajstić information content (AvgIpc) is 2.74. The maximum absolute atomic E-state index is 13.4. The van der Waals surface area contributed by atoms with Crippen molar-refractivity contribution in [3.8, 4) is 5.75 Å². The molecule has 3 aromatic rings. The van der Waals surface area contributed by atoms with Crippen molar-refractivity contribution in [3.05, 3.63) is 89.5 Å². The van der Waals surface area contributed by atoms with E-state index in [0.717, 1.165) is 21.0 Å². The Kier molecular flexibility index (Phi) is 6.81. The first-order valence-corrected chi connectivity index (χ1v) is 11.6. The Labute approximate surface area is 184 Å². The molecule has 0 spiro atoms. The van der Waals surface area contributed by atoms with E-state index in [-0.39, 0.29) is 10.6 Å². The number of benzene rings is 3. The molecule has 0 saturated heterocycles. The normalized spacial score (nSPS) is 11.4. The molecule has 0 atom stereocenters. The summed E-state index contributed by atoms with van der Waals surface area (Å²) in [5.74, 6) is 0.221. The lowest BCUT2D eigenvalue weighted by Gasteiger charge is -2.23. The first-order valence-electron chi connectivity index (χ1n) is 10.1. The first-order chi connectivity index (χ1) is 14.7. The topological polar surface area (TPSA) is 63.7 Å². The molecule has 0 aliphatic carbocycles. The van der Waals surface area contributed by atoms with Crippen molar-refractivity contribution in [1.29, 1.82) is 0 Å². The van der Waals surface area contributed by atoms with Crippen LogP contribution in [0.2, 0.25) is 0 Å². The molecule has 0 aliphatic rings. The molecule has 0 N–H and O–H groups in total. The third-order valence-electron chi connectivity index (χ3n) is 4.96. The molecule has 0 bridgehead atoms. The summed E-state index contributed by atoms with van der Waals surface area (Å²) in [5.41, 5.74) is 3.32. The number of sulfonamides is 1. The Morgan fingerprint density at radius 3 is 1.87 bits per heavy atom. The van der Waals surface area contributed by atoms with E-state index in [1.54, 1.807) is 48.5 Å². The fraction of sp³-hybridized carbons (Fsp3) is 0.240. The third-order valence-corrected chi connectivity index (χ3v) is 6.73. The fourth-order valence-corrected chi connectivity index (χ4v) is 4.48. The molecule has 6 heteroatoms. The van der Waals surface area contributed by atoms with Crippen LogP contribution in [-0.2, 0) is 14.8 Å². The van der Waals surface area contributed by atoms with Crippen LogP contribution >= 0.6 is 0 Å². The van der Waals surface area contributed by atoms with Crippen LogP contribution in [0.3, 0.4) is 0 Å². The SMILES string of the molecule is Cc1ccc(N(C(=O)COc2ccc(C(C)C)cc2)S(=O)(=O)c2ccc(C)cc2)cc1. The van der Waals surface area contributed by atoms with Gasteiger partial charge in [-0.25, -0.2) is 8.42 Å². The van der Waals surface area contributed by atoms with Gasteiger partial charge < -0.3 is 4.74 Å². The molecular formula is C25H27NO4S. The molecule has 0 heterocycles. The summed E-state index contributed by atoms with van der Waals surface area (Å²) < 4.78 is 33.1. The third kappa shape index (κ3) is 5.33. The number of anilines is 1. The molecule has 0 aliphatic heterocycles. The smallest absolute Gasteiger partial charge is 0.278 e. The van der Waals surface area contributed by atoms with Gasteiger partial charge in [-0.05, 0) is 61.7 Å². The van der Waals surface area contributed by atoms with E-state index in [9.17, 15) is 13.2 Å². The van der Waals surface area contributed by atoms with Gasteiger partial charge in [0.05, 0.1) is 10.6 Å². The summed E-state index contributed by atoms with van der Waals surface area (Å²) in [5, 5.41) is 0. The van der Waals surface area contributed by atoms with E-state index in [0.29, 0.717) is 11.7 Å². The number of amides is 1. The molecule has 0 fully saturated rings. The molecule has 3 aromatic carbocycles. The highest BCUT2D eigenvalue weighted by molar-refractivity contribution is 7.93. The molecule has 1 amide bonds. The van der Waals surface area contributed by atoms with Crippen LogP contribution in [-0.4, -0.2) is 20.9 Å². The van der Waals surface area contributed by atoms with Crippen LogP contribution in [0.1, 0.15) is 36.5 Å². The average molecular weight is 438 g/mol. The zero-order valence-corrected chi connectivity index (χ0v) is 19.0. The Hall–Kier alpha value is -3.12. The van der Waals surface area contributed by atoms with Gasteiger partial charge in [0.25, 0.3) is 15.9 Å². The highest BCUT2D eigenvalue weighted by atomic mass is 32.2. The van der Waals surface area contributed by atoms with Crippen LogP contribution < -0.4 is 9.04 Å². The van der Waals surface area contributed by atoms with Crippen molar-refractivity contribution in [2.24, 2.45) is 0 Å². The van der Waals surface area contributed by atoms with Gasteiger partial charge in [0, 0.05) is 0 Å². The molecule has 0 radical (unpaired) electrons. The first kappa shape index (κ1) is 22.6. The zero-order chi connectivity index (χ0) is 22.6. The minimum Gasteiger partial charge on any atom is -0.484 e. The molecule has 0 aromatic heterocycles. The summed E-state index contributed by atoms with van der Waals surface area (Å²) in [7, 11) is -4.10. The van der Waals surface area contributed by atoms with E-state index in [1.807, 2.05) is 26.0 Å². The Morgan fingerprint density at radius 2 is 1.35 bits per heavy atom. The molecule has 162 valence electrons. The second kappa shape index (κ2) is 9.35. The molecule has 0 unspecified atom stereocenters. The number of ether oxygens (including phenoxy) is 1. The lowest BCUT2D eigenvalue weighted by molar-refractivity contribution is -0.119. The highest BCUT2D eigenvalue weighted by Gasteiger charge is 2.31. The van der Waals surface area contributed by atoms with Crippen molar-refractivity contribution < 1.29 is 17.9 Å². The van der Waals surface area contributed by atoms with Crippen LogP contribution in [0.4, 0.5) is 5.69 Å². The summed E-state index contributed by atoms with van der Waals surface area (Å²) >= 11 is 0. The molecule has 0 saturated carbocycles. The van der Waals surface area contributed by atoms with E-state index >= 15 is 0 Å². The van der Waals surface area contributed by atoms with Crippen molar-refractivity contribution in [3.63, 3.8) is 0 Å². The van der Waals surface area contributed by atoms with E-state index < -0.39 is 22.5 Å². The number of aryl methyl sites for hydroxylation is 2. The highest BCUT2D eigenvalue weighted by Crippen LogP contribution is 2.25. The van der Waals surface area contributed by atoms with E-state index in [4.69, 9.17) is 4.74 Å². The Morgan fingerprint density at radius 1 is 0.839 bits per heavy atom. The summed E-state index contributed by atoms with van der Waals surface area (Å²) in [6.07, 6.45) is 0. The number of nitrogens with zero attached hydrogens (tertiary/aromatic N) is 1. The second-order valence-corrected chi connectivity index (χ2v) is 9.61. The van der Waals surface area contributed by atoms with Crippen molar-refractivity contribution in [1.82, 2.24) is 0 Å².